The average molecular weight is 818 g/mol. The first-order valence-electron chi connectivity index (χ1n) is 22.6. The third kappa shape index (κ3) is 6.39. The Bertz CT molecular complexity index is 3440. The summed E-state index contributed by atoms with van der Waals surface area (Å²) in [6.45, 7) is 4.71. The predicted octanol–water partition coefficient (Wildman–Crippen LogP) is 17.4. The number of rotatable bonds is 7. The van der Waals surface area contributed by atoms with E-state index < -0.39 is 0 Å². The maximum atomic E-state index is 2.41. The molecule has 2 aliphatic carbocycles. The zero-order valence-electron chi connectivity index (χ0n) is 36.2. The summed E-state index contributed by atoms with van der Waals surface area (Å²) in [6, 6.07) is 78.8. The van der Waals surface area contributed by atoms with E-state index in [0.717, 1.165) is 29.9 Å². The molecule has 0 bridgehead atoms. The molecule has 10 aromatic carbocycles. The second kappa shape index (κ2) is 15.3. The number of fused-ring (bicyclic) bond motifs is 7. The van der Waals surface area contributed by atoms with Crippen molar-refractivity contribution in [3.8, 4) is 55.6 Å². The summed E-state index contributed by atoms with van der Waals surface area (Å²) >= 11 is 0. The van der Waals surface area contributed by atoms with Gasteiger partial charge >= 0.3 is 0 Å². The van der Waals surface area contributed by atoms with Gasteiger partial charge in [-0.1, -0.05) is 196 Å². The molecule has 0 aromatic heterocycles. The van der Waals surface area contributed by atoms with E-state index in [0.29, 0.717) is 0 Å². The highest BCUT2D eigenvalue weighted by atomic mass is 15.1. The molecule has 10 aromatic rings. The van der Waals surface area contributed by atoms with E-state index in [1.54, 1.807) is 0 Å². The first kappa shape index (κ1) is 38.0. The van der Waals surface area contributed by atoms with Crippen LogP contribution < -0.4 is 4.90 Å². The van der Waals surface area contributed by atoms with Crippen molar-refractivity contribution in [2.75, 3.05) is 4.90 Å². The van der Waals surface area contributed by atoms with Crippen molar-refractivity contribution in [3.05, 3.63) is 241 Å². The van der Waals surface area contributed by atoms with Gasteiger partial charge in [0.15, 0.2) is 0 Å². The van der Waals surface area contributed by atoms with Crippen LogP contribution in [0.25, 0.3) is 83.3 Å². The molecule has 304 valence electrons. The molecule has 12 rings (SSSR count). The van der Waals surface area contributed by atoms with Gasteiger partial charge in [0.1, 0.15) is 0 Å². The lowest BCUT2D eigenvalue weighted by Crippen LogP contribution is -2.14. The van der Waals surface area contributed by atoms with E-state index in [2.05, 4.69) is 243 Å². The van der Waals surface area contributed by atoms with Crippen molar-refractivity contribution >= 4 is 44.7 Å². The topological polar surface area (TPSA) is 3.24 Å². The fraction of sp³-hybridized carbons (Fsp3) is 0.0794. The third-order valence-electron chi connectivity index (χ3n) is 14.0. The molecule has 64 heavy (non-hydrogen) atoms. The number of hydrogen-bond acceptors (Lipinski definition) is 1. The Balaban J connectivity index is 0.932. The SMILES string of the molecule is CC1(C)c2ccccc2-c2c(-c3cccc(N(c4ccc(-c5ccc(-c6ccc7ccccc7c6)cc5)cc4)c4ccc(-c5cccc6c7c(ccc56)C=CCC7)cc4)c3)cccc21. The van der Waals surface area contributed by atoms with Crippen LogP contribution in [-0.2, 0) is 11.8 Å². The van der Waals surface area contributed by atoms with Gasteiger partial charge in [0.05, 0.1) is 0 Å². The van der Waals surface area contributed by atoms with Crippen molar-refractivity contribution in [1.29, 1.82) is 0 Å². The molecule has 0 unspecified atom stereocenters. The Labute approximate surface area is 376 Å². The summed E-state index contributed by atoms with van der Waals surface area (Å²) in [5, 5.41) is 5.20. The van der Waals surface area contributed by atoms with Crippen LogP contribution in [0.2, 0.25) is 0 Å². The quantitative estimate of drug-likeness (QED) is 0.155. The average Bonchev–Trinajstić information content (AvgIpc) is 3.60. The first-order valence-corrected chi connectivity index (χ1v) is 22.6. The Morgan fingerprint density at radius 3 is 1.80 bits per heavy atom. The van der Waals surface area contributed by atoms with Gasteiger partial charge in [-0.2, -0.15) is 0 Å². The Morgan fingerprint density at radius 1 is 0.391 bits per heavy atom. The molecule has 0 radical (unpaired) electrons. The van der Waals surface area contributed by atoms with Gasteiger partial charge in [-0.05, 0) is 155 Å². The molecule has 0 aliphatic heterocycles. The van der Waals surface area contributed by atoms with Crippen molar-refractivity contribution in [2.24, 2.45) is 0 Å². The van der Waals surface area contributed by atoms with Gasteiger partial charge in [-0.15, -0.1) is 0 Å². The Morgan fingerprint density at radius 2 is 1.00 bits per heavy atom. The van der Waals surface area contributed by atoms with Gasteiger partial charge < -0.3 is 4.90 Å². The molecule has 0 fully saturated rings. The van der Waals surface area contributed by atoms with E-state index >= 15 is 0 Å². The predicted molar refractivity (Wildman–Crippen MR) is 273 cm³/mol. The van der Waals surface area contributed by atoms with Gasteiger partial charge in [0, 0.05) is 22.5 Å². The molecule has 0 atom stereocenters. The van der Waals surface area contributed by atoms with E-state index in [4.69, 9.17) is 0 Å². The van der Waals surface area contributed by atoms with Crippen molar-refractivity contribution in [1.82, 2.24) is 0 Å². The number of hydrogen-bond donors (Lipinski definition) is 0. The highest BCUT2D eigenvalue weighted by Crippen LogP contribution is 2.52. The summed E-state index contributed by atoms with van der Waals surface area (Å²) in [5.74, 6) is 0. The summed E-state index contributed by atoms with van der Waals surface area (Å²) < 4.78 is 0. The minimum absolute atomic E-state index is 0.0632. The van der Waals surface area contributed by atoms with E-state index in [1.165, 1.54) is 99.4 Å². The van der Waals surface area contributed by atoms with Gasteiger partial charge in [0.2, 0.25) is 0 Å². The fourth-order valence-corrected chi connectivity index (χ4v) is 10.6. The highest BCUT2D eigenvalue weighted by Gasteiger charge is 2.36. The number of benzene rings is 10. The molecular formula is C63H47N. The van der Waals surface area contributed by atoms with Crippen LogP contribution >= 0.6 is 0 Å². The number of nitrogens with zero attached hydrogens (tertiary/aromatic N) is 1. The summed E-state index contributed by atoms with van der Waals surface area (Å²) in [7, 11) is 0. The van der Waals surface area contributed by atoms with Gasteiger partial charge in [-0.25, -0.2) is 0 Å². The Kier molecular flexibility index (Phi) is 9.05. The number of aryl methyl sites for hydroxylation is 1. The second-order valence-electron chi connectivity index (χ2n) is 18.0. The minimum atomic E-state index is -0.0632. The van der Waals surface area contributed by atoms with Gasteiger partial charge in [-0.3, -0.25) is 0 Å². The highest BCUT2D eigenvalue weighted by molar-refractivity contribution is 6.01. The summed E-state index contributed by atoms with van der Waals surface area (Å²) in [6.07, 6.45) is 6.76. The van der Waals surface area contributed by atoms with E-state index in [9.17, 15) is 0 Å². The monoisotopic (exact) mass is 817 g/mol. The van der Waals surface area contributed by atoms with Crippen molar-refractivity contribution in [3.63, 3.8) is 0 Å². The standard InChI is InChI=1S/C63H47N/c1-63(2)60-22-8-7-18-59(60)62-56(20-11-23-61(62)63)50-15-9-16-53(41-50)64(52-37-32-47(33-38-52)55-19-10-21-57-54-17-6-5-13-46(54)34-39-58(55)57)51-35-30-44(31-36-51)43-24-26-45(27-25-43)49-29-28-42-12-3-4-14-48(42)40-49/h3-5,7-16,18-41H,6,17H2,1-2H3. The second-order valence-corrected chi connectivity index (χ2v) is 18.0. The molecule has 2 aliphatic rings. The summed E-state index contributed by atoms with van der Waals surface area (Å²) in [5.41, 5.74) is 21.3. The lowest BCUT2D eigenvalue weighted by Gasteiger charge is -2.27. The zero-order chi connectivity index (χ0) is 42.8. The molecule has 0 heterocycles. The molecule has 0 amide bonds. The minimum Gasteiger partial charge on any atom is -0.310 e. The molecule has 1 nitrogen and oxygen atoms in total. The van der Waals surface area contributed by atoms with E-state index in [1.807, 2.05) is 0 Å². The normalized spacial score (nSPS) is 13.4. The first-order chi connectivity index (χ1) is 31.5. The molecule has 0 saturated heterocycles. The van der Waals surface area contributed by atoms with Crippen LogP contribution in [0, 0.1) is 0 Å². The summed E-state index contributed by atoms with van der Waals surface area (Å²) in [4.78, 5) is 2.41. The lowest BCUT2D eigenvalue weighted by atomic mass is 9.82. The van der Waals surface area contributed by atoms with Crippen LogP contribution in [-0.4, -0.2) is 0 Å². The van der Waals surface area contributed by atoms with E-state index in [-0.39, 0.29) is 5.41 Å². The largest absolute Gasteiger partial charge is 0.310 e. The molecular weight excluding hydrogens is 771 g/mol. The van der Waals surface area contributed by atoms with Crippen LogP contribution in [0.4, 0.5) is 17.1 Å². The molecule has 0 N–H and O–H groups in total. The van der Waals surface area contributed by atoms with Crippen molar-refractivity contribution in [2.45, 2.75) is 32.1 Å². The van der Waals surface area contributed by atoms with Crippen LogP contribution in [0.1, 0.15) is 42.5 Å². The molecule has 0 saturated carbocycles. The van der Waals surface area contributed by atoms with Crippen LogP contribution in [0.15, 0.2) is 218 Å². The van der Waals surface area contributed by atoms with Crippen LogP contribution in [0.3, 0.4) is 0 Å². The maximum Gasteiger partial charge on any atom is 0.0467 e. The number of anilines is 3. The lowest BCUT2D eigenvalue weighted by molar-refractivity contribution is 0.660. The molecule has 0 spiro atoms. The molecule has 1 heteroatoms. The van der Waals surface area contributed by atoms with Gasteiger partial charge in [0.25, 0.3) is 0 Å². The third-order valence-corrected chi connectivity index (χ3v) is 14.0. The van der Waals surface area contributed by atoms with Crippen LogP contribution in [0.5, 0.6) is 0 Å². The smallest absolute Gasteiger partial charge is 0.0467 e. The fourth-order valence-electron chi connectivity index (χ4n) is 10.6. The number of allylic oxidation sites excluding steroid dienone is 1. The Hall–Kier alpha value is -7.74. The zero-order valence-corrected chi connectivity index (χ0v) is 36.2. The van der Waals surface area contributed by atoms with Crippen molar-refractivity contribution < 1.29 is 0 Å². The maximum absolute atomic E-state index is 2.41.